The highest BCUT2D eigenvalue weighted by atomic mass is 19.1. The summed E-state index contributed by atoms with van der Waals surface area (Å²) in [5.41, 5.74) is 1.22. The Bertz CT molecular complexity index is 1390. The Balaban J connectivity index is 1.36. The third-order valence-electron chi connectivity index (χ3n) is 5.36. The Morgan fingerprint density at radius 1 is 0.946 bits per heavy atom. The first kappa shape index (κ1) is 25.3. The van der Waals surface area contributed by atoms with E-state index in [9.17, 15) is 19.1 Å². The average molecular weight is 502 g/mol. The first-order chi connectivity index (χ1) is 17.7. The summed E-state index contributed by atoms with van der Waals surface area (Å²) < 4.78 is 24.3. The zero-order valence-corrected chi connectivity index (χ0v) is 20.1. The van der Waals surface area contributed by atoms with Crippen LogP contribution in [0.4, 0.5) is 10.1 Å². The van der Waals surface area contributed by atoms with Crippen molar-refractivity contribution in [2.75, 3.05) is 11.9 Å². The van der Waals surface area contributed by atoms with Crippen molar-refractivity contribution in [1.82, 2.24) is 9.97 Å². The van der Waals surface area contributed by atoms with Gasteiger partial charge < -0.3 is 19.9 Å². The molecule has 8 nitrogen and oxygen atoms in total. The van der Waals surface area contributed by atoms with Gasteiger partial charge in [-0.3, -0.25) is 14.6 Å². The molecule has 0 saturated carbocycles. The second-order valence-electron chi connectivity index (χ2n) is 8.83. The van der Waals surface area contributed by atoms with Crippen molar-refractivity contribution in [3.8, 4) is 28.6 Å². The second-order valence-corrected chi connectivity index (χ2v) is 8.83. The van der Waals surface area contributed by atoms with Crippen LogP contribution in [0.2, 0.25) is 0 Å². The number of hydrogen-bond acceptors (Lipinski definition) is 6. The number of carbonyl (C=O) groups excluding carboxylic acids is 1. The smallest absolute Gasteiger partial charge is 0.312 e. The van der Waals surface area contributed by atoms with Gasteiger partial charge in [-0.15, -0.1) is 0 Å². The predicted octanol–water partition coefficient (Wildman–Crippen LogP) is 5.82. The summed E-state index contributed by atoms with van der Waals surface area (Å²) in [5, 5.41) is 12.0. The Hall–Kier alpha value is -4.79. The summed E-state index contributed by atoms with van der Waals surface area (Å²) in [4.78, 5) is 32.5. The van der Waals surface area contributed by atoms with E-state index in [0.29, 0.717) is 34.3 Å². The summed E-state index contributed by atoms with van der Waals surface area (Å²) in [6, 6.07) is 19.1. The number of amides is 1. The van der Waals surface area contributed by atoms with Gasteiger partial charge in [0, 0.05) is 23.4 Å². The molecule has 4 aromatic rings. The molecule has 0 aliphatic rings. The number of benzene rings is 2. The molecule has 0 bridgehead atoms. The van der Waals surface area contributed by atoms with Gasteiger partial charge in [0.15, 0.2) is 0 Å². The molecule has 2 aromatic carbocycles. The van der Waals surface area contributed by atoms with E-state index in [1.165, 1.54) is 30.5 Å². The fourth-order valence-electron chi connectivity index (χ4n) is 3.11. The molecular weight excluding hydrogens is 477 g/mol. The molecule has 2 N–H and O–H groups in total. The first-order valence-electron chi connectivity index (χ1n) is 11.3. The van der Waals surface area contributed by atoms with Crippen LogP contribution in [0, 0.1) is 11.2 Å². The first-order valence-corrected chi connectivity index (χ1v) is 11.3. The number of pyridine rings is 2. The highest BCUT2D eigenvalue weighted by Gasteiger charge is 2.28. The Morgan fingerprint density at radius 3 is 2.38 bits per heavy atom. The summed E-state index contributed by atoms with van der Waals surface area (Å²) >= 11 is 0. The van der Waals surface area contributed by atoms with Crippen LogP contribution >= 0.6 is 0 Å². The van der Waals surface area contributed by atoms with Gasteiger partial charge in [-0.2, -0.15) is 0 Å². The van der Waals surface area contributed by atoms with Gasteiger partial charge in [0.1, 0.15) is 23.9 Å². The number of anilines is 1. The van der Waals surface area contributed by atoms with Crippen LogP contribution < -0.4 is 14.8 Å². The summed E-state index contributed by atoms with van der Waals surface area (Å²) in [7, 11) is 0. The minimum Gasteiger partial charge on any atom is -0.481 e. The second kappa shape index (κ2) is 10.9. The maximum absolute atomic E-state index is 13.1. The van der Waals surface area contributed by atoms with Crippen LogP contribution in [0.15, 0.2) is 85.2 Å². The molecule has 37 heavy (non-hydrogen) atoms. The number of carbonyl (C=O) groups is 2. The molecule has 0 radical (unpaired) electrons. The van der Waals surface area contributed by atoms with Crippen LogP contribution in [0.25, 0.3) is 11.3 Å². The van der Waals surface area contributed by atoms with E-state index in [4.69, 9.17) is 9.47 Å². The lowest BCUT2D eigenvalue weighted by atomic mass is 9.95. The monoisotopic (exact) mass is 501 g/mol. The lowest BCUT2D eigenvalue weighted by molar-refractivity contribution is -0.148. The van der Waals surface area contributed by atoms with E-state index in [0.717, 1.165) is 5.56 Å². The minimum absolute atomic E-state index is 0.0113. The number of carboxylic acid groups (broad SMARTS) is 1. The minimum atomic E-state index is -1.03. The van der Waals surface area contributed by atoms with Crippen LogP contribution in [0.1, 0.15) is 24.2 Å². The third-order valence-corrected chi connectivity index (χ3v) is 5.36. The maximum atomic E-state index is 13.1. The summed E-state index contributed by atoms with van der Waals surface area (Å²) in [6.45, 7) is 3.14. The molecular formula is C28H24FN3O5. The van der Waals surface area contributed by atoms with Crippen LogP contribution in [0.5, 0.6) is 17.4 Å². The molecule has 4 rings (SSSR count). The molecule has 9 heteroatoms. The SMILES string of the molecule is CC(C)(COc1ccc(-c2ccc(NC(=O)c3cccc(Oc4ccc(F)cc4)c3)cn2)cn1)C(=O)O. The molecule has 1 amide bonds. The van der Waals surface area contributed by atoms with E-state index < -0.39 is 11.4 Å². The molecule has 0 unspecified atom stereocenters. The molecule has 0 fully saturated rings. The standard InChI is InChI=1S/C28H24FN3O5/c1-28(2,27(34)35)17-36-25-13-6-19(15-31-25)24-12-9-21(16-30-24)32-26(33)18-4-3-5-23(14-18)37-22-10-7-20(29)8-11-22/h3-16H,17H2,1-2H3,(H,32,33)(H,34,35). The Morgan fingerprint density at radius 2 is 1.73 bits per heavy atom. The topological polar surface area (TPSA) is 111 Å². The zero-order valence-electron chi connectivity index (χ0n) is 20.1. The van der Waals surface area contributed by atoms with E-state index >= 15 is 0 Å². The lowest BCUT2D eigenvalue weighted by Crippen LogP contribution is -2.30. The van der Waals surface area contributed by atoms with Gasteiger partial charge in [0.25, 0.3) is 5.91 Å². The van der Waals surface area contributed by atoms with Crippen molar-refractivity contribution in [2.24, 2.45) is 5.41 Å². The average Bonchev–Trinajstić information content (AvgIpc) is 2.90. The van der Waals surface area contributed by atoms with Crippen molar-refractivity contribution in [2.45, 2.75) is 13.8 Å². The van der Waals surface area contributed by atoms with Gasteiger partial charge >= 0.3 is 5.97 Å². The molecule has 2 heterocycles. The van der Waals surface area contributed by atoms with Crippen molar-refractivity contribution >= 4 is 17.6 Å². The van der Waals surface area contributed by atoms with Gasteiger partial charge in [-0.25, -0.2) is 9.37 Å². The van der Waals surface area contributed by atoms with Crippen LogP contribution in [0.3, 0.4) is 0 Å². The van der Waals surface area contributed by atoms with Crippen molar-refractivity contribution < 1.29 is 28.6 Å². The maximum Gasteiger partial charge on any atom is 0.312 e. The molecule has 0 atom stereocenters. The fraction of sp³-hybridized carbons (Fsp3) is 0.143. The Kier molecular flexibility index (Phi) is 7.43. The number of rotatable bonds is 9. The van der Waals surface area contributed by atoms with E-state index in [1.807, 2.05) is 0 Å². The van der Waals surface area contributed by atoms with Crippen LogP contribution in [-0.4, -0.2) is 33.6 Å². The van der Waals surface area contributed by atoms with Gasteiger partial charge in [0.2, 0.25) is 5.88 Å². The summed E-state index contributed by atoms with van der Waals surface area (Å²) in [6.07, 6.45) is 3.11. The van der Waals surface area contributed by atoms with Crippen molar-refractivity contribution in [1.29, 1.82) is 0 Å². The number of carboxylic acids is 1. The summed E-state index contributed by atoms with van der Waals surface area (Å²) in [5.74, 6) is -0.443. The highest BCUT2D eigenvalue weighted by molar-refractivity contribution is 6.04. The van der Waals surface area contributed by atoms with Crippen molar-refractivity contribution in [3.05, 3.63) is 96.6 Å². The molecule has 0 spiro atoms. The fourth-order valence-corrected chi connectivity index (χ4v) is 3.11. The molecule has 188 valence electrons. The number of aliphatic carboxylic acids is 1. The highest BCUT2D eigenvalue weighted by Crippen LogP contribution is 2.24. The predicted molar refractivity (Wildman–Crippen MR) is 135 cm³/mol. The molecule has 0 saturated heterocycles. The molecule has 0 aliphatic carbocycles. The van der Waals surface area contributed by atoms with E-state index in [-0.39, 0.29) is 18.3 Å². The quantitative estimate of drug-likeness (QED) is 0.297. The Labute approximate surface area is 212 Å². The van der Waals surface area contributed by atoms with Crippen molar-refractivity contribution in [3.63, 3.8) is 0 Å². The van der Waals surface area contributed by atoms with Gasteiger partial charge in [0.05, 0.1) is 23.0 Å². The molecule has 0 aliphatic heterocycles. The lowest BCUT2D eigenvalue weighted by Gasteiger charge is -2.18. The number of nitrogens with one attached hydrogen (secondary N) is 1. The zero-order chi connectivity index (χ0) is 26.4. The number of halogens is 1. The number of aromatic nitrogens is 2. The van der Waals surface area contributed by atoms with Gasteiger partial charge in [-0.1, -0.05) is 6.07 Å². The molecule has 2 aromatic heterocycles. The largest absolute Gasteiger partial charge is 0.481 e. The normalized spacial score (nSPS) is 11.0. The number of nitrogens with zero attached hydrogens (tertiary/aromatic N) is 2. The number of hydrogen-bond donors (Lipinski definition) is 2. The number of ether oxygens (including phenoxy) is 2. The van der Waals surface area contributed by atoms with E-state index in [2.05, 4.69) is 15.3 Å². The third kappa shape index (κ3) is 6.66. The van der Waals surface area contributed by atoms with Crippen LogP contribution in [-0.2, 0) is 4.79 Å². The van der Waals surface area contributed by atoms with Gasteiger partial charge in [-0.05, 0) is 74.5 Å². The van der Waals surface area contributed by atoms with E-state index in [1.54, 1.807) is 68.6 Å².